The third-order valence-corrected chi connectivity index (χ3v) is 2.21. The molecule has 15 heavy (non-hydrogen) atoms. The van der Waals surface area contributed by atoms with Gasteiger partial charge in [-0.1, -0.05) is 17.7 Å². The molecule has 0 unspecified atom stereocenters. The molecule has 0 heterocycles. The summed E-state index contributed by atoms with van der Waals surface area (Å²) in [5.41, 5.74) is 1.24. The summed E-state index contributed by atoms with van der Waals surface area (Å²) >= 11 is 0. The van der Waals surface area contributed by atoms with Crippen molar-refractivity contribution in [3.05, 3.63) is 29.8 Å². The van der Waals surface area contributed by atoms with Crippen LogP contribution in [0.3, 0.4) is 0 Å². The molecule has 0 fully saturated rings. The van der Waals surface area contributed by atoms with Gasteiger partial charge in [-0.05, 0) is 38.8 Å². The summed E-state index contributed by atoms with van der Waals surface area (Å²) in [6.45, 7) is 4.37. The van der Waals surface area contributed by atoms with E-state index in [4.69, 9.17) is 4.74 Å². The molecule has 0 atom stereocenters. The fourth-order valence-electron chi connectivity index (χ4n) is 1.30. The van der Waals surface area contributed by atoms with E-state index in [-0.39, 0.29) is 5.78 Å². The predicted molar refractivity (Wildman–Crippen MR) is 61.2 cm³/mol. The molecule has 0 saturated heterocycles. The van der Waals surface area contributed by atoms with Gasteiger partial charge >= 0.3 is 0 Å². The maximum atomic E-state index is 10.7. The van der Waals surface area contributed by atoms with Crippen LogP contribution < -0.4 is 4.74 Å². The van der Waals surface area contributed by atoms with Crippen LogP contribution in [-0.4, -0.2) is 12.4 Å². The number of unbranched alkanes of at least 4 members (excludes halogenated alkanes) is 1. The zero-order chi connectivity index (χ0) is 11.1. The standard InChI is InChI=1S/C13H18O2/c1-11-6-8-13(9-7-11)15-10-4-3-5-12(2)14/h6-9H,3-5,10H2,1-2H3. The largest absolute Gasteiger partial charge is 0.494 e. The Morgan fingerprint density at radius 1 is 1.20 bits per heavy atom. The molecule has 0 N–H and O–H groups in total. The van der Waals surface area contributed by atoms with Gasteiger partial charge in [-0.2, -0.15) is 0 Å². The number of carbonyl (C=O) groups excluding carboxylic acids is 1. The average Bonchev–Trinajstić information content (AvgIpc) is 2.20. The van der Waals surface area contributed by atoms with Crippen LogP contribution in [0.1, 0.15) is 31.7 Å². The highest BCUT2D eigenvalue weighted by atomic mass is 16.5. The van der Waals surface area contributed by atoms with E-state index in [9.17, 15) is 4.79 Å². The normalized spacial score (nSPS) is 10.0. The van der Waals surface area contributed by atoms with E-state index < -0.39 is 0 Å². The van der Waals surface area contributed by atoms with E-state index >= 15 is 0 Å². The van der Waals surface area contributed by atoms with Crippen molar-refractivity contribution in [2.24, 2.45) is 0 Å². The number of Topliss-reactive ketones (excluding diaryl/α,β-unsaturated/α-hetero) is 1. The van der Waals surface area contributed by atoms with Gasteiger partial charge in [0.15, 0.2) is 0 Å². The second kappa shape index (κ2) is 6.23. The second-order valence-electron chi connectivity index (χ2n) is 3.82. The molecule has 0 radical (unpaired) electrons. The molecule has 0 spiro atoms. The highest BCUT2D eigenvalue weighted by Crippen LogP contribution is 2.11. The molecule has 0 amide bonds. The zero-order valence-electron chi connectivity index (χ0n) is 9.45. The molecule has 82 valence electrons. The number of ketones is 1. The number of hydrogen-bond donors (Lipinski definition) is 0. The minimum Gasteiger partial charge on any atom is -0.494 e. The first kappa shape index (κ1) is 11.8. The van der Waals surface area contributed by atoms with E-state index in [2.05, 4.69) is 6.92 Å². The topological polar surface area (TPSA) is 26.3 Å². The smallest absolute Gasteiger partial charge is 0.129 e. The van der Waals surface area contributed by atoms with E-state index in [0.29, 0.717) is 13.0 Å². The van der Waals surface area contributed by atoms with Gasteiger partial charge in [0.25, 0.3) is 0 Å². The zero-order valence-corrected chi connectivity index (χ0v) is 9.45. The van der Waals surface area contributed by atoms with Crippen LogP contribution in [0, 0.1) is 6.92 Å². The molecule has 0 aliphatic rings. The quantitative estimate of drug-likeness (QED) is 0.668. The number of aryl methyl sites for hydroxylation is 1. The van der Waals surface area contributed by atoms with Crippen molar-refractivity contribution in [1.29, 1.82) is 0 Å². The summed E-state index contributed by atoms with van der Waals surface area (Å²) in [4.78, 5) is 10.7. The van der Waals surface area contributed by atoms with Gasteiger partial charge in [0, 0.05) is 6.42 Å². The fraction of sp³-hybridized carbons (Fsp3) is 0.462. The summed E-state index contributed by atoms with van der Waals surface area (Å²) < 4.78 is 5.53. The van der Waals surface area contributed by atoms with Gasteiger partial charge in [0.1, 0.15) is 11.5 Å². The SMILES string of the molecule is CC(=O)CCCCOc1ccc(C)cc1. The van der Waals surface area contributed by atoms with Crippen LogP contribution in [0.15, 0.2) is 24.3 Å². The highest BCUT2D eigenvalue weighted by molar-refractivity contribution is 5.75. The Hall–Kier alpha value is -1.31. The van der Waals surface area contributed by atoms with Gasteiger partial charge < -0.3 is 9.53 Å². The Morgan fingerprint density at radius 3 is 2.47 bits per heavy atom. The Kier molecular flexibility index (Phi) is 4.88. The van der Waals surface area contributed by atoms with E-state index in [0.717, 1.165) is 18.6 Å². The van der Waals surface area contributed by atoms with Crippen molar-refractivity contribution < 1.29 is 9.53 Å². The molecular formula is C13H18O2. The first-order chi connectivity index (χ1) is 7.18. The highest BCUT2D eigenvalue weighted by Gasteiger charge is 1.95. The van der Waals surface area contributed by atoms with E-state index in [1.165, 1.54) is 5.56 Å². The third-order valence-electron chi connectivity index (χ3n) is 2.21. The molecule has 0 bridgehead atoms. The number of rotatable bonds is 6. The molecule has 0 aliphatic carbocycles. The van der Waals surface area contributed by atoms with Gasteiger partial charge in [0.05, 0.1) is 6.61 Å². The molecule has 0 aliphatic heterocycles. The number of hydrogen-bond acceptors (Lipinski definition) is 2. The molecule has 1 aromatic rings. The average molecular weight is 206 g/mol. The molecule has 2 heteroatoms. The molecular weight excluding hydrogens is 188 g/mol. The lowest BCUT2D eigenvalue weighted by molar-refractivity contribution is -0.117. The van der Waals surface area contributed by atoms with Crippen LogP contribution in [-0.2, 0) is 4.79 Å². The van der Waals surface area contributed by atoms with Crippen LogP contribution in [0.2, 0.25) is 0 Å². The van der Waals surface area contributed by atoms with Gasteiger partial charge in [-0.3, -0.25) is 0 Å². The van der Waals surface area contributed by atoms with Gasteiger partial charge in [0.2, 0.25) is 0 Å². The lowest BCUT2D eigenvalue weighted by Gasteiger charge is -2.05. The Labute approximate surface area is 91.3 Å². The summed E-state index contributed by atoms with van der Waals surface area (Å²) in [5.74, 6) is 1.16. The maximum absolute atomic E-state index is 10.7. The third kappa shape index (κ3) is 5.21. The Balaban J connectivity index is 2.15. The van der Waals surface area contributed by atoms with Gasteiger partial charge in [-0.15, -0.1) is 0 Å². The maximum Gasteiger partial charge on any atom is 0.129 e. The summed E-state index contributed by atoms with van der Waals surface area (Å²) in [5, 5.41) is 0. The molecule has 2 nitrogen and oxygen atoms in total. The number of carbonyl (C=O) groups is 1. The fourth-order valence-corrected chi connectivity index (χ4v) is 1.30. The number of ether oxygens (including phenoxy) is 1. The van der Waals surface area contributed by atoms with Crippen LogP contribution in [0.25, 0.3) is 0 Å². The summed E-state index contributed by atoms with van der Waals surface area (Å²) in [6.07, 6.45) is 2.52. The predicted octanol–water partition coefficient (Wildman–Crippen LogP) is 3.13. The molecule has 0 saturated carbocycles. The monoisotopic (exact) mass is 206 g/mol. The van der Waals surface area contributed by atoms with E-state index in [1.807, 2.05) is 24.3 Å². The van der Waals surface area contributed by atoms with E-state index in [1.54, 1.807) is 6.92 Å². The van der Waals surface area contributed by atoms with Crippen molar-refractivity contribution in [2.75, 3.05) is 6.61 Å². The van der Waals surface area contributed by atoms with Crippen molar-refractivity contribution >= 4 is 5.78 Å². The Morgan fingerprint density at radius 2 is 1.87 bits per heavy atom. The lowest BCUT2D eigenvalue weighted by Crippen LogP contribution is -1.98. The van der Waals surface area contributed by atoms with Crippen LogP contribution in [0.4, 0.5) is 0 Å². The van der Waals surface area contributed by atoms with Crippen LogP contribution >= 0.6 is 0 Å². The minimum absolute atomic E-state index is 0.255. The Bertz CT molecular complexity index is 301. The van der Waals surface area contributed by atoms with Gasteiger partial charge in [-0.25, -0.2) is 0 Å². The molecule has 1 aromatic carbocycles. The van der Waals surface area contributed by atoms with Crippen molar-refractivity contribution in [3.8, 4) is 5.75 Å². The van der Waals surface area contributed by atoms with Crippen molar-refractivity contribution in [1.82, 2.24) is 0 Å². The minimum atomic E-state index is 0.255. The van der Waals surface area contributed by atoms with Crippen LogP contribution in [0.5, 0.6) is 5.75 Å². The lowest BCUT2D eigenvalue weighted by atomic mass is 10.2. The number of benzene rings is 1. The first-order valence-electron chi connectivity index (χ1n) is 5.37. The summed E-state index contributed by atoms with van der Waals surface area (Å²) in [7, 11) is 0. The molecule has 0 aromatic heterocycles. The second-order valence-corrected chi connectivity index (χ2v) is 3.82. The van der Waals surface area contributed by atoms with Crippen molar-refractivity contribution in [2.45, 2.75) is 33.1 Å². The molecule has 1 rings (SSSR count). The summed E-state index contributed by atoms with van der Waals surface area (Å²) in [6, 6.07) is 8.01. The first-order valence-corrected chi connectivity index (χ1v) is 5.37. The van der Waals surface area contributed by atoms with Crippen molar-refractivity contribution in [3.63, 3.8) is 0 Å².